The predicted molar refractivity (Wildman–Crippen MR) is 70.3 cm³/mol. The molecule has 0 radical (unpaired) electrons. The normalized spacial score (nSPS) is 14.3. The molecule has 0 spiro atoms. The number of thiophene rings is 1. The Morgan fingerprint density at radius 2 is 2.28 bits per heavy atom. The topological polar surface area (TPSA) is 69.6 Å². The van der Waals surface area contributed by atoms with Crippen LogP contribution in [-0.2, 0) is 0 Å². The molecule has 0 unspecified atom stereocenters. The molecule has 1 saturated carbocycles. The summed E-state index contributed by atoms with van der Waals surface area (Å²) in [4.78, 5) is 24.7. The Hall–Kier alpha value is -1.56. The van der Waals surface area contributed by atoms with Gasteiger partial charge in [-0.25, -0.2) is 9.59 Å². The Morgan fingerprint density at radius 1 is 1.56 bits per heavy atom. The molecule has 98 valence electrons. The van der Waals surface area contributed by atoms with Gasteiger partial charge in [0.05, 0.1) is 5.56 Å². The quantitative estimate of drug-likeness (QED) is 0.862. The first-order valence-electron chi connectivity index (χ1n) is 5.98. The zero-order valence-electron chi connectivity index (χ0n) is 10.2. The molecule has 2 amide bonds. The van der Waals surface area contributed by atoms with Crippen LogP contribution in [0.1, 0.15) is 30.1 Å². The van der Waals surface area contributed by atoms with Gasteiger partial charge < -0.3 is 10.0 Å². The number of urea groups is 1. The summed E-state index contributed by atoms with van der Waals surface area (Å²) in [6.45, 7) is 3.32. The van der Waals surface area contributed by atoms with Gasteiger partial charge in [0.15, 0.2) is 0 Å². The standard InChI is InChI=1S/C12H16N2O3S/c1-2-14(7-8-3-4-8)12(17)13-10-9(11(15)16)5-6-18-10/h5-6,8H,2-4,7H2,1H3,(H,13,17)(H,15,16). The van der Waals surface area contributed by atoms with E-state index in [9.17, 15) is 9.59 Å². The summed E-state index contributed by atoms with van der Waals surface area (Å²) in [5, 5.41) is 13.7. The molecule has 1 heterocycles. The van der Waals surface area contributed by atoms with E-state index in [4.69, 9.17) is 5.11 Å². The number of carbonyl (C=O) groups is 2. The van der Waals surface area contributed by atoms with Gasteiger partial charge in [0, 0.05) is 13.1 Å². The summed E-state index contributed by atoms with van der Waals surface area (Å²) in [6, 6.07) is 1.29. The van der Waals surface area contributed by atoms with Crippen molar-refractivity contribution in [1.29, 1.82) is 0 Å². The lowest BCUT2D eigenvalue weighted by molar-refractivity contribution is 0.0698. The fourth-order valence-electron chi connectivity index (χ4n) is 1.72. The van der Waals surface area contributed by atoms with Crippen LogP contribution in [0, 0.1) is 5.92 Å². The summed E-state index contributed by atoms with van der Waals surface area (Å²) in [6.07, 6.45) is 2.37. The van der Waals surface area contributed by atoms with Crippen molar-refractivity contribution in [3.05, 3.63) is 17.0 Å². The first kappa shape index (κ1) is 12.9. The molecule has 0 atom stereocenters. The summed E-state index contributed by atoms with van der Waals surface area (Å²) in [5.74, 6) is -0.394. The number of nitrogens with zero attached hydrogens (tertiary/aromatic N) is 1. The van der Waals surface area contributed by atoms with Crippen molar-refractivity contribution >= 4 is 28.3 Å². The van der Waals surface area contributed by atoms with Gasteiger partial charge in [-0.15, -0.1) is 11.3 Å². The van der Waals surface area contributed by atoms with E-state index in [0.29, 0.717) is 17.5 Å². The third-order valence-electron chi connectivity index (χ3n) is 2.96. The van der Waals surface area contributed by atoms with Crippen LogP contribution >= 0.6 is 11.3 Å². The molecule has 6 heteroatoms. The second-order valence-corrected chi connectivity index (χ2v) is 5.30. The Morgan fingerprint density at radius 3 is 2.83 bits per heavy atom. The van der Waals surface area contributed by atoms with E-state index in [-0.39, 0.29) is 11.6 Å². The average molecular weight is 268 g/mol. The summed E-state index contributed by atoms with van der Waals surface area (Å²) in [7, 11) is 0. The molecule has 0 aliphatic heterocycles. The number of carboxylic acid groups (broad SMARTS) is 1. The van der Waals surface area contributed by atoms with Crippen LogP contribution in [-0.4, -0.2) is 35.1 Å². The zero-order chi connectivity index (χ0) is 13.1. The van der Waals surface area contributed by atoms with Gasteiger partial charge in [-0.3, -0.25) is 5.32 Å². The van der Waals surface area contributed by atoms with E-state index in [1.165, 1.54) is 30.2 Å². The SMILES string of the molecule is CCN(CC1CC1)C(=O)Nc1sccc1C(=O)O. The summed E-state index contributed by atoms with van der Waals surface area (Å²) < 4.78 is 0. The Balaban J connectivity index is 2.00. The lowest BCUT2D eigenvalue weighted by Gasteiger charge is -2.20. The number of amides is 2. The molecule has 0 bridgehead atoms. The van der Waals surface area contributed by atoms with Crippen molar-refractivity contribution in [1.82, 2.24) is 4.90 Å². The van der Waals surface area contributed by atoms with Crippen molar-refractivity contribution in [3.8, 4) is 0 Å². The molecule has 5 nitrogen and oxygen atoms in total. The van der Waals surface area contributed by atoms with Crippen LogP contribution < -0.4 is 5.32 Å². The van der Waals surface area contributed by atoms with Crippen molar-refractivity contribution in [2.45, 2.75) is 19.8 Å². The third kappa shape index (κ3) is 3.01. The Labute approximate surface area is 109 Å². The molecule has 0 aromatic carbocycles. The van der Waals surface area contributed by atoms with Crippen LogP contribution in [0.2, 0.25) is 0 Å². The number of hydrogen-bond acceptors (Lipinski definition) is 3. The number of carbonyl (C=O) groups excluding carboxylic acids is 1. The highest BCUT2D eigenvalue weighted by molar-refractivity contribution is 7.14. The highest BCUT2D eigenvalue weighted by Crippen LogP contribution is 2.30. The third-order valence-corrected chi connectivity index (χ3v) is 3.79. The van der Waals surface area contributed by atoms with Crippen molar-refractivity contribution in [2.75, 3.05) is 18.4 Å². The van der Waals surface area contributed by atoms with Gasteiger partial charge >= 0.3 is 12.0 Å². The van der Waals surface area contributed by atoms with E-state index in [1.54, 1.807) is 10.3 Å². The maximum Gasteiger partial charge on any atom is 0.338 e. The van der Waals surface area contributed by atoms with E-state index in [1.807, 2.05) is 6.92 Å². The molecule has 1 aliphatic rings. The Bertz CT molecular complexity index is 454. The van der Waals surface area contributed by atoms with E-state index in [2.05, 4.69) is 5.32 Å². The number of hydrogen-bond donors (Lipinski definition) is 2. The second-order valence-electron chi connectivity index (χ2n) is 4.38. The molecule has 18 heavy (non-hydrogen) atoms. The molecular weight excluding hydrogens is 252 g/mol. The highest BCUT2D eigenvalue weighted by atomic mass is 32.1. The first-order chi connectivity index (χ1) is 8.61. The smallest absolute Gasteiger partial charge is 0.338 e. The van der Waals surface area contributed by atoms with Gasteiger partial charge in [0.1, 0.15) is 5.00 Å². The van der Waals surface area contributed by atoms with Crippen LogP contribution in [0.15, 0.2) is 11.4 Å². The van der Waals surface area contributed by atoms with Crippen LogP contribution in [0.3, 0.4) is 0 Å². The van der Waals surface area contributed by atoms with Gasteiger partial charge in [0.2, 0.25) is 0 Å². The molecule has 1 aromatic rings. The first-order valence-corrected chi connectivity index (χ1v) is 6.86. The average Bonchev–Trinajstić information content (AvgIpc) is 3.03. The number of anilines is 1. The minimum Gasteiger partial charge on any atom is -0.478 e. The number of aromatic carboxylic acids is 1. The lowest BCUT2D eigenvalue weighted by Crippen LogP contribution is -2.36. The molecule has 1 aliphatic carbocycles. The maximum atomic E-state index is 12.0. The van der Waals surface area contributed by atoms with Crippen molar-refractivity contribution in [3.63, 3.8) is 0 Å². The number of carboxylic acids is 1. The van der Waals surface area contributed by atoms with Gasteiger partial charge in [-0.2, -0.15) is 0 Å². The molecule has 2 rings (SSSR count). The van der Waals surface area contributed by atoms with Gasteiger partial charge in [-0.1, -0.05) is 0 Å². The molecule has 2 N–H and O–H groups in total. The van der Waals surface area contributed by atoms with E-state index in [0.717, 1.165) is 6.54 Å². The maximum absolute atomic E-state index is 12.0. The highest BCUT2D eigenvalue weighted by Gasteiger charge is 2.26. The lowest BCUT2D eigenvalue weighted by atomic mass is 10.3. The predicted octanol–water partition coefficient (Wildman–Crippen LogP) is 2.71. The molecule has 1 aromatic heterocycles. The largest absolute Gasteiger partial charge is 0.478 e. The summed E-state index contributed by atoms with van der Waals surface area (Å²) >= 11 is 1.23. The van der Waals surface area contributed by atoms with E-state index < -0.39 is 5.97 Å². The van der Waals surface area contributed by atoms with Crippen LogP contribution in [0.25, 0.3) is 0 Å². The minimum absolute atomic E-state index is 0.149. The van der Waals surface area contributed by atoms with Crippen LogP contribution in [0.5, 0.6) is 0 Å². The molecule has 1 fully saturated rings. The van der Waals surface area contributed by atoms with Gasteiger partial charge in [0.25, 0.3) is 0 Å². The van der Waals surface area contributed by atoms with Crippen molar-refractivity contribution in [2.24, 2.45) is 5.92 Å². The second kappa shape index (κ2) is 5.39. The Kier molecular flexibility index (Phi) is 3.86. The zero-order valence-corrected chi connectivity index (χ0v) is 11.0. The van der Waals surface area contributed by atoms with Crippen LogP contribution in [0.4, 0.5) is 9.80 Å². The number of nitrogens with one attached hydrogen (secondary N) is 1. The van der Waals surface area contributed by atoms with Crippen molar-refractivity contribution < 1.29 is 14.7 Å². The summed E-state index contributed by atoms with van der Waals surface area (Å²) in [5.41, 5.74) is 0.149. The fraction of sp³-hybridized carbons (Fsp3) is 0.500. The fourth-order valence-corrected chi connectivity index (χ4v) is 2.49. The van der Waals surface area contributed by atoms with E-state index >= 15 is 0 Å². The minimum atomic E-state index is -1.02. The molecular formula is C12H16N2O3S. The molecule has 0 saturated heterocycles. The number of rotatable bonds is 5. The monoisotopic (exact) mass is 268 g/mol. The van der Waals surface area contributed by atoms with Gasteiger partial charge in [-0.05, 0) is 37.1 Å².